The lowest BCUT2D eigenvalue weighted by Gasteiger charge is -2.16. The Hall–Kier alpha value is -2.87. The largest absolute Gasteiger partial charge is 0.332 e. The van der Waals surface area contributed by atoms with Crippen LogP contribution in [0.15, 0.2) is 54.6 Å². The normalized spacial score (nSPS) is 11.0. The lowest BCUT2D eigenvalue weighted by Crippen LogP contribution is -2.34. The van der Waals surface area contributed by atoms with Crippen molar-refractivity contribution in [2.24, 2.45) is 0 Å². The number of likely N-dealkylation sites (N-methyl/N-ethyl adjacent to an activating group) is 1. The summed E-state index contributed by atoms with van der Waals surface area (Å²) >= 11 is 13.7. The number of nitrogens with zero attached hydrogens (tertiary/aromatic N) is 3. The molecule has 2 amide bonds. The van der Waals surface area contributed by atoms with Gasteiger partial charge in [0.25, 0.3) is 5.91 Å². The van der Waals surface area contributed by atoms with Crippen molar-refractivity contribution in [1.29, 1.82) is 0 Å². The summed E-state index contributed by atoms with van der Waals surface area (Å²) in [5.74, 6) is -0.580. The molecule has 2 aromatic heterocycles. The molecule has 2 aromatic carbocycles. The lowest BCUT2D eigenvalue weighted by atomic mass is 10.3. The van der Waals surface area contributed by atoms with Crippen LogP contribution < -0.4 is 5.32 Å². The fourth-order valence-corrected chi connectivity index (χ4v) is 4.74. The number of hydrogen-bond acceptors (Lipinski definition) is 4. The minimum Gasteiger partial charge on any atom is -0.332 e. The van der Waals surface area contributed by atoms with E-state index in [0.717, 1.165) is 21.6 Å². The minimum absolute atomic E-state index is 0.103. The summed E-state index contributed by atoms with van der Waals surface area (Å²) in [6.45, 7) is 1.78. The first-order chi connectivity index (χ1) is 14.8. The molecule has 31 heavy (non-hydrogen) atoms. The third-order valence-corrected chi connectivity index (χ3v) is 6.46. The zero-order valence-corrected chi connectivity index (χ0v) is 19.1. The highest BCUT2D eigenvalue weighted by molar-refractivity contribution is 7.20. The highest BCUT2D eigenvalue weighted by atomic mass is 35.5. The summed E-state index contributed by atoms with van der Waals surface area (Å²) in [7, 11) is 1.59. The first-order valence-corrected chi connectivity index (χ1v) is 11.0. The quantitative estimate of drug-likeness (QED) is 0.421. The van der Waals surface area contributed by atoms with Crippen molar-refractivity contribution in [3.05, 3.63) is 75.2 Å². The fraction of sp³-hybridized carbons (Fsp3) is 0.136. The van der Waals surface area contributed by atoms with Gasteiger partial charge in [-0.2, -0.15) is 5.10 Å². The molecule has 2 heterocycles. The Morgan fingerprint density at radius 1 is 1.10 bits per heavy atom. The second-order valence-electron chi connectivity index (χ2n) is 6.97. The van der Waals surface area contributed by atoms with Gasteiger partial charge >= 0.3 is 0 Å². The fourth-order valence-electron chi connectivity index (χ4n) is 3.17. The van der Waals surface area contributed by atoms with Crippen molar-refractivity contribution in [1.82, 2.24) is 14.7 Å². The molecule has 0 saturated carbocycles. The maximum Gasteiger partial charge on any atom is 0.264 e. The first kappa shape index (κ1) is 21.4. The molecule has 6 nitrogen and oxygen atoms in total. The van der Waals surface area contributed by atoms with Gasteiger partial charge in [-0.05, 0) is 37.3 Å². The van der Waals surface area contributed by atoms with Crippen LogP contribution in [0.3, 0.4) is 0 Å². The smallest absolute Gasteiger partial charge is 0.264 e. The van der Waals surface area contributed by atoms with E-state index in [1.807, 2.05) is 25.1 Å². The van der Waals surface area contributed by atoms with E-state index in [2.05, 4.69) is 10.4 Å². The number of hydrogen-bond donors (Lipinski definition) is 1. The van der Waals surface area contributed by atoms with Gasteiger partial charge in [-0.25, -0.2) is 4.68 Å². The molecule has 0 aliphatic rings. The van der Waals surface area contributed by atoms with Crippen LogP contribution >= 0.6 is 34.5 Å². The molecule has 4 aromatic rings. The van der Waals surface area contributed by atoms with E-state index in [-0.39, 0.29) is 18.4 Å². The second-order valence-corrected chi connectivity index (χ2v) is 8.81. The Balaban J connectivity index is 1.55. The number of halogens is 2. The number of nitrogens with one attached hydrogen (secondary N) is 1. The number of anilines is 1. The molecular weight excluding hydrogens is 455 g/mol. The molecule has 0 unspecified atom stereocenters. The van der Waals surface area contributed by atoms with E-state index in [1.165, 1.54) is 16.2 Å². The third-order valence-electron chi connectivity index (χ3n) is 4.71. The Labute approximate surface area is 193 Å². The van der Waals surface area contributed by atoms with Crippen molar-refractivity contribution < 1.29 is 9.59 Å². The zero-order chi connectivity index (χ0) is 22.1. The van der Waals surface area contributed by atoms with Crippen LogP contribution in [0.4, 0.5) is 5.69 Å². The van der Waals surface area contributed by atoms with E-state index in [1.54, 1.807) is 48.1 Å². The molecule has 0 aliphatic heterocycles. The van der Waals surface area contributed by atoms with Crippen molar-refractivity contribution in [2.75, 3.05) is 18.9 Å². The van der Waals surface area contributed by atoms with Crippen LogP contribution in [0.1, 0.15) is 15.4 Å². The third kappa shape index (κ3) is 4.30. The van der Waals surface area contributed by atoms with E-state index in [9.17, 15) is 9.59 Å². The Kier molecular flexibility index (Phi) is 6.00. The Morgan fingerprint density at radius 2 is 1.77 bits per heavy atom. The van der Waals surface area contributed by atoms with Crippen LogP contribution in [0, 0.1) is 6.92 Å². The summed E-state index contributed by atoms with van der Waals surface area (Å²) in [4.78, 5) is 28.1. The SMILES string of the molecule is Cc1nn(-c2ccccc2Cl)c2sc(C(=O)N(C)CC(=O)Nc3ccccc3Cl)cc12. The van der Waals surface area contributed by atoms with Crippen molar-refractivity contribution in [3.8, 4) is 5.69 Å². The van der Waals surface area contributed by atoms with E-state index < -0.39 is 0 Å². The molecule has 0 aliphatic carbocycles. The summed E-state index contributed by atoms with van der Waals surface area (Å²) < 4.78 is 1.75. The predicted octanol–water partition coefficient (Wildman–Crippen LogP) is 5.41. The number of thiophene rings is 1. The molecule has 0 saturated heterocycles. The standard InChI is InChI=1S/C22H18Cl2N4O2S/c1-13-14-11-19(31-22(14)28(26-13)18-10-6-4-8-16(18)24)21(30)27(2)12-20(29)25-17-9-5-3-7-15(17)23/h3-11H,12H2,1-2H3,(H,25,29). The topological polar surface area (TPSA) is 67.2 Å². The lowest BCUT2D eigenvalue weighted by molar-refractivity contribution is -0.116. The van der Waals surface area contributed by atoms with Gasteiger partial charge in [0.1, 0.15) is 4.83 Å². The van der Waals surface area contributed by atoms with Gasteiger partial charge in [0.05, 0.1) is 38.5 Å². The molecule has 0 fully saturated rings. The summed E-state index contributed by atoms with van der Waals surface area (Å²) in [5, 5.41) is 9.18. The van der Waals surface area contributed by atoms with Gasteiger partial charge in [-0.1, -0.05) is 47.5 Å². The summed E-state index contributed by atoms with van der Waals surface area (Å²) in [6.07, 6.45) is 0. The highest BCUT2D eigenvalue weighted by Gasteiger charge is 2.21. The van der Waals surface area contributed by atoms with Crippen LogP contribution in [-0.2, 0) is 4.79 Å². The van der Waals surface area contributed by atoms with Crippen LogP contribution in [0.2, 0.25) is 10.0 Å². The Morgan fingerprint density at radius 3 is 2.48 bits per heavy atom. The van der Waals surface area contributed by atoms with E-state index >= 15 is 0 Å². The van der Waals surface area contributed by atoms with E-state index in [0.29, 0.717) is 20.6 Å². The molecular formula is C22H18Cl2N4O2S. The molecule has 0 spiro atoms. The average molecular weight is 473 g/mol. The van der Waals surface area contributed by atoms with E-state index in [4.69, 9.17) is 23.2 Å². The summed E-state index contributed by atoms with van der Waals surface area (Å²) in [6, 6.07) is 16.2. The first-order valence-electron chi connectivity index (χ1n) is 9.39. The second kappa shape index (κ2) is 8.70. The Bertz CT molecular complexity index is 1300. The van der Waals surface area contributed by atoms with Crippen LogP contribution in [-0.4, -0.2) is 40.1 Å². The molecule has 0 bridgehead atoms. The summed E-state index contributed by atoms with van der Waals surface area (Å²) in [5.41, 5.74) is 2.05. The maximum absolute atomic E-state index is 13.0. The molecule has 4 rings (SSSR count). The minimum atomic E-state index is -0.330. The predicted molar refractivity (Wildman–Crippen MR) is 126 cm³/mol. The zero-order valence-electron chi connectivity index (χ0n) is 16.7. The highest BCUT2D eigenvalue weighted by Crippen LogP contribution is 2.33. The number of para-hydroxylation sites is 2. The van der Waals surface area contributed by atoms with Gasteiger partial charge in [-0.3, -0.25) is 9.59 Å². The molecule has 1 N–H and O–H groups in total. The average Bonchev–Trinajstić information content (AvgIpc) is 3.30. The molecule has 0 radical (unpaired) electrons. The van der Waals surface area contributed by atoms with Gasteiger partial charge in [-0.15, -0.1) is 11.3 Å². The van der Waals surface area contributed by atoms with Crippen molar-refractivity contribution in [3.63, 3.8) is 0 Å². The number of amides is 2. The number of carbonyl (C=O) groups is 2. The van der Waals surface area contributed by atoms with Crippen LogP contribution in [0.5, 0.6) is 0 Å². The number of fused-ring (bicyclic) bond motifs is 1. The number of rotatable bonds is 5. The molecule has 158 valence electrons. The molecule has 9 heteroatoms. The van der Waals surface area contributed by atoms with Crippen molar-refractivity contribution >= 4 is 62.3 Å². The van der Waals surface area contributed by atoms with Gasteiger partial charge in [0.15, 0.2) is 0 Å². The van der Waals surface area contributed by atoms with Crippen LogP contribution in [0.25, 0.3) is 15.9 Å². The maximum atomic E-state index is 13.0. The number of benzene rings is 2. The number of aromatic nitrogens is 2. The van der Waals surface area contributed by atoms with Gasteiger partial charge < -0.3 is 10.2 Å². The number of aryl methyl sites for hydroxylation is 1. The number of carbonyl (C=O) groups excluding carboxylic acids is 2. The molecule has 0 atom stereocenters. The monoisotopic (exact) mass is 472 g/mol. The van der Waals surface area contributed by atoms with Gasteiger partial charge in [0, 0.05) is 12.4 Å². The van der Waals surface area contributed by atoms with Crippen molar-refractivity contribution in [2.45, 2.75) is 6.92 Å². The van der Waals surface area contributed by atoms with Gasteiger partial charge in [0.2, 0.25) is 5.91 Å².